The van der Waals surface area contributed by atoms with Crippen LogP contribution in [0.3, 0.4) is 0 Å². The highest BCUT2D eigenvalue weighted by atomic mass is 32.2. The zero-order valence-electron chi connectivity index (χ0n) is 18.1. The standard InChI is InChI=1S/C23H23N3O6S/c1-16-13-19(33(30,31)24-14-18-7-4-3-5-8-18)11-12-22(16)32-15-23(27)25-20-9-6-10-21(17(20)2)26(28)29/h3-13,24H,14-15H2,1-2H3,(H,25,27). The molecule has 0 aromatic heterocycles. The third kappa shape index (κ3) is 6.15. The molecule has 3 aromatic carbocycles. The van der Waals surface area contributed by atoms with Crippen LogP contribution in [0.5, 0.6) is 5.75 Å². The molecule has 2 N–H and O–H groups in total. The smallest absolute Gasteiger partial charge is 0.274 e. The SMILES string of the molecule is Cc1cc(S(=O)(=O)NCc2ccccc2)ccc1OCC(=O)Nc1cccc([N+](=O)[O-])c1C. The number of nitro groups is 1. The number of aryl methyl sites for hydroxylation is 1. The second-order valence-corrected chi connectivity index (χ2v) is 9.05. The Bertz CT molecular complexity index is 1280. The highest BCUT2D eigenvalue weighted by Crippen LogP contribution is 2.25. The fraction of sp³-hybridized carbons (Fsp3) is 0.174. The summed E-state index contributed by atoms with van der Waals surface area (Å²) in [5.41, 5.74) is 1.94. The maximum absolute atomic E-state index is 12.6. The van der Waals surface area contributed by atoms with Gasteiger partial charge in [0, 0.05) is 12.6 Å². The molecule has 0 aliphatic carbocycles. The molecule has 0 bridgehead atoms. The van der Waals surface area contributed by atoms with Crippen molar-refractivity contribution in [2.45, 2.75) is 25.3 Å². The van der Waals surface area contributed by atoms with Crippen molar-refractivity contribution in [3.05, 3.63) is 93.5 Å². The molecule has 1 amide bonds. The predicted molar refractivity (Wildman–Crippen MR) is 124 cm³/mol. The number of hydrogen-bond acceptors (Lipinski definition) is 6. The molecular formula is C23H23N3O6S. The minimum absolute atomic E-state index is 0.0833. The first kappa shape index (κ1) is 23.9. The number of benzene rings is 3. The van der Waals surface area contributed by atoms with E-state index in [1.54, 1.807) is 19.9 Å². The summed E-state index contributed by atoms with van der Waals surface area (Å²) in [6.45, 7) is 3.04. The quantitative estimate of drug-likeness (QED) is 0.363. The topological polar surface area (TPSA) is 128 Å². The summed E-state index contributed by atoms with van der Waals surface area (Å²) in [6, 6.07) is 17.9. The van der Waals surface area contributed by atoms with E-state index in [4.69, 9.17) is 4.74 Å². The van der Waals surface area contributed by atoms with Crippen molar-refractivity contribution in [1.29, 1.82) is 0 Å². The Labute approximate surface area is 191 Å². The molecule has 0 saturated carbocycles. The summed E-state index contributed by atoms with van der Waals surface area (Å²) < 4.78 is 33.2. The van der Waals surface area contributed by atoms with E-state index in [9.17, 15) is 23.3 Å². The van der Waals surface area contributed by atoms with Crippen LogP contribution < -0.4 is 14.8 Å². The Kier molecular flexibility index (Phi) is 7.41. The second-order valence-electron chi connectivity index (χ2n) is 7.28. The zero-order chi connectivity index (χ0) is 24.0. The van der Waals surface area contributed by atoms with Gasteiger partial charge in [0.25, 0.3) is 11.6 Å². The van der Waals surface area contributed by atoms with Crippen LogP contribution in [0.4, 0.5) is 11.4 Å². The number of nitro benzene ring substituents is 1. The molecule has 0 radical (unpaired) electrons. The van der Waals surface area contributed by atoms with Crippen LogP contribution in [0.1, 0.15) is 16.7 Å². The third-order valence-corrected chi connectivity index (χ3v) is 6.30. The summed E-state index contributed by atoms with van der Waals surface area (Å²) in [5, 5.41) is 13.6. The number of amides is 1. The maximum atomic E-state index is 12.6. The van der Waals surface area contributed by atoms with E-state index in [-0.39, 0.29) is 23.7 Å². The number of carbonyl (C=O) groups is 1. The lowest BCUT2D eigenvalue weighted by Crippen LogP contribution is -2.23. The van der Waals surface area contributed by atoms with Gasteiger partial charge < -0.3 is 10.1 Å². The van der Waals surface area contributed by atoms with Gasteiger partial charge in [-0.3, -0.25) is 14.9 Å². The average Bonchev–Trinajstić information content (AvgIpc) is 2.79. The van der Waals surface area contributed by atoms with Crippen molar-refractivity contribution < 1.29 is 22.9 Å². The number of nitrogens with zero attached hydrogens (tertiary/aromatic N) is 1. The van der Waals surface area contributed by atoms with E-state index in [0.717, 1.165) is 5.56 Å². The minimum atomic E-state index is -3.73. The van der Waals surface area contributed by atoms with E-state index in [1.165, 1.54) is 30.3 Å². The van der Waals surface area contributed by atoms with Crippen LogP contribution in [-0.4, -0.2) is 25.9 Å². The van der Waals surface area contributed by atoms with Crippen molar-refractivity contribution in [2.24, 2.45) is 0 Å². The summed E-state index contributed by atoms with van der Waals surface area (Å²) >= 11 is 0. The van der Waals surface area contributed by atoms with Gasteiger partial charge in [-0.1, -0.05) is 36.4 Å². The summed E-state index contributed by atoms with van der Waals surface area (Å²) in [5.74, 6) is -0.151. The second kappa shape index (κ2) is 10.2. The molecule has 0 saturated heterocycles. The number of hydrogen-bond donors (Lipinski definition) is 2. The molecule has 9 nitrogen and oxygen atoms in total. The van der Waals surface area contributed by atoms with Crippen LogP contribution in [0.2, 0.25) is 0 Å². The normalized spacial score (nSPS) is 11.1. The molecule has 0 fully saturated rings. The van der Waals surface area contributed by atoms with Crippen molar-refractivity contribution in [1.82, 2.24) is 4.72 Å². The minimum Gasteiger partial charge on any atom is -0.483 e. The number of ether oxygens (including phenoxy) is 1. The van der Waals surface area contributed by atoms with Gasteiger partial charge in [-0.2, -0.15) is 0 Å². The first-order chi connectivity index (χ1) is 15.7. The van der Waals surface area contributed by atoms with Crippen LogP contribution >= 0.6 is 0 Å². The number of anilines is 1. The van der Waals surface area contributed by atoms with Gasteiger partial charge in [0.05, 0.1) is 21.1 Å². The van der Waals surface area contributed by atoms with Gasteiger partial charge in [0.15, 0.2) is 6.61 Å². The number of sulfonamides is 1. The Balaban J connectivity index is 1.62. The fourth-order valence-electron chi connectivity index (χ4n) is 3.09. The molecule has 172 valence electrons. The van der Waals surface area contributed by atoms with Crippen molar-refractivity contribution >= 4 is 27.3 Å². The van der Waals surface area contributed by atoms with Gasteiger partial charge in [-0.15, -0.1) is 0 Å². The lowest BCUT2D eigenvalue weighted by Gasteiger charge is -2.13. The molecule has 10 heteroatoms. The molecule has 33 heavy (non-hydrogen) atoms. The van der Waals surface area contributed by atoms with Gasteiger partial charge in [0.1, 0.15) is 5.75 Å². The third-order valence-electron chi connectivity index (χ3n) is 4.90. The molecular weight excluding hydrogens is 446 g/mol. The Morgan fingerprint density at radius 3 is 2.42 bits per heavy atom. The molecule has 0 atom stereocenters. The van der Waals surface area contributed by atoms with Crippen LogP contribution in [0, 0.1) is 24.0 Å². The monoisotopic (exact) mass is 469 g/mol. The van der Waals surface area contributed by atoms with E-state index in [2.05, 4.69) is 10.0 Å². The number of rotatable bonds is 9. The van der Waals surface area contributed by atoms with Crippen molar-refractivity contribution in [3.8, 4) is 5.75 Å². The number of nitrogens with one attached hydrogen (secondary N) is 2. The zero-order valence-corrected chi connectivity index (χ0v) is 18.9. The average molecular weight is 470 g/mol. The summed E-state index contributed by atoms with van der Waals surface area (Å²) in [7, 11) is -3.73. The molecule has 0 aliphatic rings. The van der Waals surface area contributed by atoms with E-state index < -0.39 is 20.9 Å². The van der Waals surface area contributed by atoms with E-state index in [1.807, 2.05) is 30.3 Å². The molecule has 3 rings (SSSR count). The maximum Gasteiger partial charge on any atom is 0.274 e. The van der Waals surface area contributed by atoms with E-state index >= 15 is 0 Å². The molecule has 0 unspecified atom stereocenters. The van der Waals surface area contributed by atoms with Crippen molar-refractivity contribution in [3.63, 3.8) is 0 Å². The highest BCUT2D eigenvalue weighted by Gasteiger charge is 2.17. The van der Waals surface area contributed by atoms with E-state index in [0.29, 0.717) is 22.6 Å². The first-order valence-corrected chi connectivity index (χ1v) is 11.5. The Hall–Kier alpha value is -3.76. The Morgan fingerprint density at radius 2 is 1.76 bits per heavy atom. The summed E-state index contributed by atoms with van der Waals surface area (Å²) in [4.78, 5) is 22.9. The van der Waals surface area contributed by atoms with Gasteiger partial charge in [-0.05, 0) is 49.2 Å². The lowest BCUT2D eigenvalue weighted by molar-refractivity contribution is -0.385. The van der Waals surface area contributed by atoms with Gasteiger partial charge >= 0.3 is 0 Å². The molecule has 0 spiro atoms. The van der Waals surface area contributed by atoms with Crippen LogP contribution in [0.25, 0.3) is 0 Å². The highest BCUT2D eigenvalue weighted by molar-refractivity contribution is 7.89. The first-order valence-electron chi connectivity index (χ1n) is 9.98. The van der Waals surface area contributed by atoms with Crippen molar-refractivity contribution in [2.75, 3.05) is 11.9 Å². The lowest BCUT2D eigenvalue weighted by atomic mass is 10.1. The number of carbonyl (C=O) groups excluding carboxylic acids is 1. The van der Waals surface area contributed by atoms with Gasteiger partial charge in [-0.25, -0.2) is 13.1 Å². The fourth-order valence-corrected chi connectivity index (χ4v) is 4.20. The summed E-state index contributed by atoms with van der Waals surface area (Å²) in [6.07, 6.45) is 0. The molecule has 3 aromatic rings. The predicted octanol–water partition coefficient (Wildman–Crippen LogP) is 3.71. The van der Waals surface area contributed by atoms with Gasteiger partial charge in [0.2, 0.25) is 10.0 Å². The molecule has 0 aliphatic heterocycles. The van der Waals surface area contributed by atoms with Crippen LogP contribution in [-0.2, 0) is 21.4 Å². The molecule has 0 heterocycles. The largest absolute Gasteiger partial charge is 0.483 e. The Morgan fingerprint density at radius 1 is 1.03 bits per heavy atom. The van der Waals surface area contributed by atoms with Crippen LogP contribution in [0.15, 0.2) is 71.6 Å².